The van der Waals surface area contributed by atoms with Gasteiger partial charge >= 0.3 is 0 Å². The molecule has 2 aromatic rings. The van der Waals surface area contributed by atoms with Crippen molar-refractivity contribution in [2.45, 2.75) is 84.4 Å². The Bertz CT molecular complexity index is 967. The van der Waals surface area contributed by atoms with Crippen LogP contribution < -0.4 is 4.74 Å². The minimum absolute atomic E-state index is 0.00211. The van der Waals surface area contributed by atoms with Gasteiger partial charge in [-0.1, -0.05) is 97.5 Å². The van der Waals surface area contributed by atoms with Crippen LogP contribution in [0.3, 0.4) is 0 Å². The maximum Gasteiger partial charge on any atom is 0.122 e. The number of hydrogen-bond acceptors (Lipinski definition) is 1. The van der Waals surface area contributed by atoms with Crippen LogP contribution in [0, 0.1) is 0 Å². The number of methoxy groups -OCH3 is 1. The van der Waals surface area contributed by atoms with E-state index in [0.717, 1.165) is 12.2 Å². The highest BCUT2D eigenvalue weighted by atomic mass is 28.3. The Morgan fingerprint density at radius 2 is 1.50 bits per heavy atom. The summed E-state index contributed by atoms with van der Waals surface area (Å²) in [7, 11) is 1.35. The van der Waals surface area contributed by atoms with Crippen molar-refractivity contribution in [3.8, 4) is 16.9 Å². The van der Waals surface area contributed by atoms with Gasteiger partial charge in [-0.05, 0) is 56.7 Å². The molecule has 0 aromatic heterocycles. The van der Waals surface area contributed by atoms with E-state index >= 15 is 0 Å². The summed E-state index contributed by atoms with van der Waals surface area (Å²) in [6, 6.07) is 11.4. The topological polar surface area (TPSA) is 9.23 Å². The fourth-order valence-corrected chi connectivity index (χ4v) is 7.09. The summed E-state index contributed by atoms with van der Waals surface area (Å²) in [5.74, 6) is 0.999. The minimum Gasteiger partial charge on any atom is -0.496 e. The van der Waals surface area contributed by atoms with Crippen molar-refractivity contribution in [2.75, 3.05) is 7.11 Å². The van der Waals surface area contributed by atoms with Crippen LogP contribution in [-0.4, -0.2) is 15.9 Å². The van der Waals surface area contributed by atoms with E-state index in [1.54, 1.807) is 12.7 Å². The third-order valence-electron chi connectivity index (χ3n) is 6.31. The average Bonchev–Trinajstić information content (AvgIpc) is 3.04. The van der Waals surface area contributed by atoms with Gasteiger partial charge in [-0.15, -0.1) is 0 Å². The summed E-state index contributed by atoms with van der Waals surface area (Å²) >= 11 is 0. The minimum atomic E-state index is -0.450. The second kappa shape index (κ2) is 8.03. The van der Waals surface area contributed by atoms with Crippen molar-refractivity contribution in [1.82, 2.24) is 0 Å². The zero-order chi connectivity index (χ0) is 22.4. The number of ether oxygens (including phenoxy) is 1. The highest BCUT2D eigenvalue weighted by Gasteiger charge is 2.34. The number of hydrogen-bond donors (Lipinski definition) is 0. The van der Waals surface area contributed by atoms with Gasteiger partial charge in [0.25, 0.3) is 0 Å². The molecule has 2 heteroatoms. The molecule has 0 saturated heterocycles. The second-order valence-corrected chi connectivity index (χ2v) is 13.7. The van der Waals surface area contributed by atoms with Crippen molar-refractivity contribution < 1.29 is 4.74 Å². The molecule has 1 unspecified atom stereocenters. The molecular weight excluding hydrogens is 380 g/mol. The zero-order valence-corrected chi connectivity index (χ0v) is 21.7. The van der Waals surface area contributed by atoms with Gasteiger partial charge in [0.1, 0.15) is 5.75 Å². The molecule has 1 nitrogen and oxygen atoms in total. The zero-order valence-electron chi connectivity index (χ0n) is 20.7. The molecule has 0 bridgehead atoms. The SMILES string of the molecule is CCC1=Cc2c(-c3ccc(OC)c(C(C)(C)C)c3C(C)(C)C)cccc2C1[Si](C)C. The number of rotatable bonds is 4. The number of allylic oxidation sites excluding steroid dienone is 1. The van der Waals surface area contributed by atoms with E-state index in [1.807, 2.05) is 0 Å². The lowest BCUT2D eigenvalue weighted by Crippen LogP contribution is -2.24. The summed E-state index contributed by atoms with van der Waals surface area (Å²) in [4.78, 5) is 0. The Morgan fingerprint density at radius 3 is 2.00 bits per heavy atom. The van der Waals surface area contributed by atoms with E-state index in [1.165, 1.54) is 33.4 Å². The Balaban J connectivity index is 2.39. The average molecular weight is 420 g/mol. The van der Waals surface area contributed by atoms with Crippen molar-refractivity contribution in [2.24, 2.45) is 0 Å². The normalized spacial score (nSPS) is 16.6. The largest absolute Gasteiger partial charge is 0.496 e. The van der Waals surface area contributed by atoms with Gasteiger partial charge in [0, 0.05) is 5.56 Å². The Hall–Kier alpha value is -1.80. The molecule has 0 fully saturated rings. The van der Waals surface area contributed by atoms with E-state index in [4.69, 9.17) is 4.74 Å². The first-order valence-electron chi connectivity index (χ1n) is 11.3. The van der Waals surface area contributed by atoms with Crippen LogP contribution in [0.25, 0.3) is 17.2 Å². The first kappa shape index (κ1) is 22.9. The fraction of sp³-hybridized carbons (Fsp3) is 0.500. The van der Waals surface area contributed by atoms with Crippen LogP contribution in [-0.2, 0) is 10.8 Å². The Kier molecular flexibility index (Phi) is 6.13. The van der Waals surface area contributed by atoms with Gasteiger partial charge in [0.15, 0.2) is 0 Å². The number of fused-ring (bicyclic) bond motifs is 1. The van der Waals surface area contributed by atoms with Gasteiger partial charge in [-0.2, -0.15) is 0 Å². The van der Waals surface area contributed by atoms with Gasteiger partial charge in [0.2, 0.25) is 0 Å². The highest BCUT2D eigenvalue weighted by Crippen LogP contribution is 2.49. The summed E-state index contributed by atoms with van der Waals surface area (Å²) in [5, 5.41) is 0. The predicted octanol–water partition coefficient (Wildman–Crippen LogP) is 8.14. The molecule has 2 aromatic carbocycles. The first-order valence-corrected chi connectivity index (χ1v) is 13.8. The molecule has 3 rings (SSSR count). The Labute approximate surface area is 186 Å². The van der Waals surface area contributed by atoms with E-state index in [0.29, 0.717) is 5.54 Å². The van der Waals surface area contributed by atoms with Crippen LogP contribution in [0.4, 0.5) is 0 Å². The third-order valence-corrected chi connectivity index (χ3v) is 8.15. The summed E-state index contributed by atoms with van der Waals surface area (Å²) in [6.45, 7) is 21.1. The maximum absolute atomic E-state index is 5.87. The van der Waals surface area contributed by atoms with E-state index in [2.05, 4.69) is 98.0 Å². The third kappa shape index (κ3) is 3.91. The second-order valence-electron chi connectivity index (χ2n) is 11.0. The number of benzene rings is 2. The van der Waals surface area contributed by atoms with Crippen LogP contribution >= 0.6 is 0 Å². The van der Waals surface area contributed by atoms with Crippen LogP contribution in [0.2, 0.25) is 13.1 Å². The van der Waals surface area contributed by atoms with E-state index < -0.39 is 8.80 Å². The molecule has 1 radical (unpaired) electrons. The maximum atomic E-state index is 5.87. The molecule has 0 heterocycles. The van der Waals surface area contributed by atoms with Gasteiger partial charge < -0.3 is 4.74 Å². The standard InChI is InChI=1S/C28H39OSi/c1-11-18-17-22-19(13-12-14-21(22)26(18)30(9)10)20-15-16-23(29-8)25(28(5,6)7)24(20)27(2,3)4/h12-17,26H,11H2,1-10H3. The molecule has 1 aliphatic rings. The molecule has 0 N–H and O–H groups in total. The van der Waals surface area contributed by atoms with Crippen LogP contribution in [0.15, 0.2) is 35.9 Å². The molecule has 30 heavy (non-hydrogen) atoms. The summed E-state index contributed by atoms with van der Waals surface area (Å²) in [6.07, 6.45) is 3.64. The molecular formula is C28H39OSi. The highest BCUT2D eigenvalue weighted by molar-refractivity contribution is 6.58. The van der Waals surface area contributed by atoms with Crippen molar-refractivity contribution in [1.29, 1.82) is 0 Å². The summed E-state index contributed by atoms with van der Waals surface area (Å²) < 4.78 is 5.87. The van der Waals surface area contributed by atoms with E-state index in [-0.39, 0.29) is 10.8 Å². The summed E-state index contributed by atoms with van der Waals surface area (Å²) in [5.41, 5.74) is 10.7. The lowest BCUT2D eigenvalue weighted by Gasteiger charge is -2.34. The molecule has 0 amide bonds. The molecule has 1 atom stereocenters. The molecule has 0 saturated carbocycles. The van der Waals surface area contributed by atoms with Crippen molar-refractivity contribution >= 4 is 14.9 Å². The molecule has 0 aliphatic heterocycles. The lowest BCUT2D eigenvalue weighted by atomic mass is 9.71. The predicted molar refractivity (Wildman–Crippen MR) is 134 cm³/mol. The van der Waals surface area contributed by atoms with Crippen LogP contribution in [0.5, 0.6) is 5.75 Å². The Morgan fingerprint density at radius 1 is 0.867 bits per heavy atom. The lowest BCUT2D eigenvalue weighted by molar-refractivity contribution is 0.392. The first-order chi connectivity index (χ1) is 13.9. The molecule has 161 valence electrons. The van der Waals surface area contributed by atoms with Crippen LogP contribution in [0.1, 0.15) is 82.7 Å². The fourth-order valence-electron chi connectivity index (χ4n) is 5.19. The van der Waals surface area contributed by atoms with Gasteiger partial charge in [0.05, 0.1) is 15.9 Å². The monoisotopic (exact) mass is 419 g/mol. The molecule has 1 aliphatic carbocycles. The quantitative estimate of drug-likeness (QED) is 0.454. The van der Waals surface area contributed by atoms with Gasteiger partial charge in [-0.25, -0.2) is 0 Å². The van der Waals surface area contributed by atoms with Crippen molar-refractivity contribution in [3.63, 3.8) is 0 Å². The molecule has 0 spiro atoms. The van der Waals surface area contributed by atoms with Gasteiger partial charge in [-0.3, -0.25) is 0 Å². The van der Waals surface area contributed by atoms with E-state index in [9.17, 15) is 0 Å². The van der Waals surface area contributed by atoms with Crippen molar-refractivity contribution in [3.05, 3.63) is 58.2 Å². The smallest absolute Gasteiger partial charge is 0.122 e.